The standard InChI is InChI=1S/C48H76N4O14.C45H71N3O15/c1-5-7-13-30-20-33(25-49-24-30)45(60)50-17-11-16-34(55)32-22-31(6-2)43(66-48-42(59)41(58)39(56)27(3)62-48)35(23-32)64-47-38(51-28(4)54)44(40(57)37(26-53)65-47)63-36(46(61)52-18-12-19-52)21-29-14-9-8-10-15-29;1-5-7-12-27-17-30(22-46-21-27)42(56)47-16-11-15-31(51)29-19-28(6-2)40(63-45-39(55)38(54)36(52)24(3)59-45)32(20-29)61-44-35(48-25(4)50)41(37(53)34(23-49)62-44)60-33(43(57)58)18-26-13-9-8-10-14-26/h20,24-25,27,29,31-32,35-44,47-48,53,56-59H,5-19,21-23,26H2,1-4H3,(H,50,60)(H,51,54);17,21-22,24,26,28-29,32-41,44-45,49,52-55H,5-16,18-20,23H2,1-4H3,(H,47,56)(H,48,50)(H,57,58)/t27?,31?,32?,35-,36+,37+,38?,39-,40+,41+,42?,43-,44?,47-,48+;24?,28?,29?,32-,33+,34+,35?,36-,37+,38+,39?,40-,41?,44-,45+/m11/s1. The second-order valence-corrected chi connectivity index (χ2v) is 37.2. The van der Waals surface area contributed by atoms with E-state index in [9.17, 15) is 94.5 Å². The maximum atomic E-state index is 14.1. The lowest BCUT2D eigenvalue weighted by molar-refractivity contribution is -0.338. The van der Waals surface area contributed by atoms with E-state index in [1.54, 1.807) is 24.2 Å². The molecule has 12 unspecified atom stereocenters. The summed E-state index contributed by atoms with van der Waals surface area (Å²) in [6.45, 7) is 13.9. The van der Waals surface area contributed by atoms with Crippen molar-refractivity contribution in [3.05, 3.63) is 59.2 Å². The monoisotopic (exact) mass is 1830 g/mol. The minimum atomic E-state index is -1.65. The Bertz CT molecular complexity index is 3840. The van der Waals surface area contributed by atoms with Gasteiger partial charge in [0.15, 0.2) is 31.3 Å². The number of hydrogen-bond acceptors (Lipinski definition) is 30. The number of aromatic nitrogens is 2. The van der Waals surface area contributed by atoms with Crippen LogP contribution >= 0.6 is 0 Å². The molecule has 0 bridgehead atoms. The van der Waals surface area contributed by atoms with E-state index in [0.717, 1.165) is 120 Å². The first-order chi connectivity index (χ1) is 61.9. The summed E-state index contributed by atoms with van der Waals surface area (Å²) in [4.78, 5) is 117. The van der Waals surface area contributed by atoms with Crippen molar-refractivity contribution in [1.29, 1.82) is 0 Å². The van der Waals surface area contributed by atoms with E-state index < -0.39 is 208 Å². The summed E-state index contributed by atoms with van der Waals surface area (Å²) in [6.07, 6.45) is -4.94. The van der Waals surface area contributed by atoms with Gasteiger partial charge in [-0.3, -0.25) is 43.5 Å². The van der Waals surface area contributed by atoms with Gasteiger partial charge in [-0.25, -0.2) is 4.79 Å². The van der Waals surface area contributed by atoms with Gasteiger partial charge in [0.05, 0.1) is 61.0 Å². The summed E-state index contributed by atoms with van der Waals surface area (Å²) in [5, 5.41) is 130. The number of ether oxygens (including phenoxy) is 10. The quantitative estimate of drug-likeness (QED) is 0.0418. The summed E-state index contributed by atoms with van der Waals surface area (Å²) in [7, 11) is 0. The number of aliphatic hydroxyl groups excluding tert-OH is 10. The smallest absolute Gasteiger partial charge is 0.332 e. The zero-order chi connectivity index (χ0) is 93.3. The number of likely N-dealkylation sites (tertiary alicyclic amines) is 1. The van der Waals surface area contributed by atoms with E-state index in [4.69, 9.17) is 47.4 Å². The van der Waals surface area contributed by atoms with Crippen LogP contribution < -0.4 is 21.3 Å². The highest BCUT2D eigenvalue weighted by Crippen LogP contribution is 2.44. The number of ketones is 2. The minimum Gasteiger partial charge on any atom is -0.479 e. The van der Waals surface area contributed by atoms with Crippen LogP contribution in [0.3, 0.4) is 0 Å². The second-order valence-electron chi connectivity index (χ2n) is 37.2. The number of amides is 5. The number of carbonyl (C=O) groups is 8. The number of unbranched alkanes of at least 4 members (excludes halogenated alkanes) is 2. The molecule has 7 heterocycles. The third-order valence-corrected chi connectivity index (χ3v) is 27.5. The molecule has 5 saturated heterocycles. The van der Waals surface area contributed by atoms with Crippen molar-refractivity contribution < 1.29 is 142 Å². The van der Waals surface area contributed by atoms with Crippen molar-refractivity contribution in [2.24, 2.45) is 35.5 Å². The lowest BCUT2D eigenvalue weighted by Crippen LogP contribution is -2.67. The molecule has 4 aliphatic carbocycles. The van der Waals surface area contributed by atoms with Crippen LogP contribution in [0.1, 0.15) is 261 Å². The molecule has 0 spiro atoms. The van der Waals surface area contributed by atoms with Crippen molar-refractivity contribution in [2.75, 3.05) is 39.4 Å². The predicted molar refractivity (Wildman–Crippen MR) is 463 cm³/mol. The first kappa shape index (κ1) is 105. The number of nitrogens with zero attached hydrogens (tertiary/aromatic N) is 3. The Morgan fingerprint density at radius 2 is 0.876 bits per heavy atom. The number of carboxylic acid groups (broad SMARTS) is 1. The van der Waals surface area contributed by atoms with Crippen LogP contribution in [-0.4, -0.2) is 317 Å². The zero-order valence-electron chi connectivity index (χ0n) is 76.3. The molecule has 11 rings (SSSR count). The Labute approximate surface area is 756 Å². The number of carboxylic acids is 1. The van der Waals surface area contributed by atoms with Gasteiger partial charge in [-0.05, 0) is 144 Å². The molecule has 5 amide bonds. The second kappa shape index (κ2) is 51.4. The molecule has 0 aromatic carbocycles. The Morgan fingerprint density at radius 1 is 0.473 bits per heavy atom. The molecule has 4 saturated carbocycles. The zero-order valence-corrected chi connectivity index (χ0v) is 76.3. The average Bonchev–Trinajstić information content (AvgIpc) is 0.774. The SMILES string of the molecule is CCCCc1cncc(C(=O)NCCCC(=O)C2CC(CC)[C@@H](O[C@@H]3OC(C)[C@@H](O)[C@H](O)C3O)[C@H](O[C@@H]3O[C@@H](CO)[C@H](O)C(O[C@@H](CC4CCCCC4)C(=O)N4CCC4)C3NC(C)=O)C2)c1.CCCCc1cncc(C(=O)NCCCC(=O)C2CC(CC)[C@@H](O[C@@H]3OC(C)[C@@H](O)[C@H](O)C3O)[C@H](O[C@@H]3O[C@@H](CO)[C@H](O)C(O[C@@H](CC4CCCCC4)C(=O)O)C3NC(C)=O)C2)c1. The van der Waals surface area contributed by atoms with Gasteiger partial charge in [-0.2, -0.15) is 0 Å². The predicted octanol–water partition coefficient (Wildman–Crippen LogP) is 4.01. The van der Waals surface area contributed by atoms with Gasteiger partial charge in [-0.15, -0.1) is 0 Å². The van der Waals surface area contributed by atoms with Crippen LogP contribution in [-0.2, 0) is 89.0 Å². The van der Waals surface area contributed by atoms with E-state index in [1.165, 1.54) is 33.2 Å². The average molecular weight is 1830 g/mol. The Morgan fingerprint density at radius 3 is 1.24 bits per heavy atom. The fourth-order valence-corrected chi connectivity index (χ4v) is 19.8. The van der Waals surface area contributed by atoms with Crippen molar-refractivity contribution >= 4 is 47.1 Å². The van der Waals surface area contributed by atoms with Gasteiger partial charge in [0.2, 0.25) is 11.8 Å². The maximum absolute atomic E-state index is 14.1. The molecule has 2 aromatic rings. The number of Topliss-reactive ketones (excluding diaryl/α,β-unsaturated/α-hetero) is 2. The molecular weight excluding hydrogens is 1680 g/mol. The molecule has 129 heavy (non-hydrogen) atoms. The number of aryl methyl sites for hydroxylation is 2. The largest absolute Gasteiger partial charge is 0.479 e. The molecule has 2 aromatic heterocycles. The van der Waals surface area contributed by atoms with Crippen molar-refractivity contribution in [2.45, 2.75) is 401 Å². The number of carbonyl (C=O) groups excluding carboxylic acids is 7. The highest BCUT2D eigenvalue weighted by Gasteiger charge is 2.56. The number of aliphatic hydroxyl groups is 10. The normalized spacial score (nSPS) is 34.5. The Balaban J connectivity index is 0.000000269. The minimum absolute atomic E-state index is 0.0517. The number of hydrogen-bond donors (Lipinski definition) is 15. The number of pyridine rings is 2. The first-order valence-electron chi connectivity index (χ1n) is 47.6. The summed E-state index contributed by atoms with van der Waals surface area (Å²) in [6, 6.07) is 1.16. The fourth-order valence-electron chi connectivity index (χ4n) is 19.8. The molecule has 15 N–H and O–H groups in total. The van der Waals surface area contributed by atoms with Gasteiger partial charge in [0.25, 0.3) is 17.7 Å². The number of aliphatic carboxylic acids is 1. The van der Waals surface area contributed by atoms with E-state index in [2.05, 4.69) is 45.1 Å². The van der Waals surface area contributed by atoms with Crippen molar-refractivity contribution in [3.8, 4) is 0 Å². The molecule has 36 nitrogen and oxygen atoms in total. The highest BCUT2D eigenvalue weighted by atomic mass is 16.7. The Kier molecular flexibility index (Phi) is 41.7. The third kappa shape index (κ3) is 28.9. The summed E-state index contributed by atoms with van der Waals surface area (Å²) in [5.41, 5.74) is 2.85. The summed E-state index contributed by atoms with van der Waals surface area (Å²) >= 11 is 0. The van der Waals surface area contributed by atoms with Crippen LogP contribution in [0.25, 0.3) is 0 Å². The van der Waals surface area contributed by atoms with E-state index in [-0.39, 0.29) is 92.2 Å². The molecule has 9 aliphatic rings. The lowest BCUT2D eigenvalue weighted by atomic mass is 9.74. The maximum Gasteiger partial charge on any atom is 0.332 e. The van der Waals surface area contributed by atoms with Gasteiger partial charge < -0.3 is 130 Å². The number of nitrogens with one attached hydrogen (secondary N) is 4. The van der Waals surface area contributed by atoms with Gasteiger partial charge in [0.1, 0.15) is 103 Å². The molecule has 9 fully saturated rings. The van der Waals surface area contributed by atoms with Gasteiger partial charge in [-0.1, -0.05) is 118 Å². The fraction of sp³-hybridized carbons (Fsp3) is 0.806. The van der Waals surface area contributed by atoms with E-state index >= 15 is 0 Å². The van der Waals surface area contributed by atoms with E-state index in [0.29, 0.717) is 69.2 Å². The first-order valence-corrected chi connectivity index (χ1v) is 47.6. The molecule has 36 heteroatoms. The number of rotatable bonds is 42. The molecule has 30 atom stereocenters. The lowest BCUT2D eigenvalue weighted by Gasteiger charge is -2.49. The van der Waals surface area contributed by atoms with Crippen molar-refractivity contribution in [3.63, 3.8) is 0 Å². The molecular formula is C93H147N7O29. The molecule has 728 valence electrons. The van der Waals surface area contributed by atoms with Crippen molar-refractivity contribution in [1.82, 2.24) is 36.1 Å². The van der Waals surface area contributed by atoms with Crippen LogP contribution in [0.4, 0.5) is 0 Å². The van der Waals surface area contributed by atoms with Crippen LogP contribution in [0, 0.1) is 35.5 Å². The third-order valence-electron chi connectivity index (χ3n) is 27.5. The Hall–Kier alpha value is -6.34. The molecule has 5 aliphatic heterocycles. The summed E-state index contributed by atoms with van der Waals surface area (Å²) in [5.74, 6) is -4.83. The summed E-state index contributed by atoms with van der Waals surface area (Å²) < 4.78 is 63.4. The van der Waals surface area contributed by atoms with Gasteiger partial charge >= 0.3 is 5.97 Å². The van der Waals surface area contributed by atoms with Crippen LogP contribution in [0.5, 0.6) is 0 Å². The topological polar surface area (TPSA) is 529 Å². The van der Waals surface area contributed by atoms with Crippen LogP contribution in [0.15, 0.2) is 36.9 Å². The molecule has 0 radical (unpaired) electrons. The van der Waals surface area contributed by atoms with E-state index in [1.807, 2.05) is 26.0 Å². The van der Waals surface area contributed by atoms with Crippen LogP contribution in [0.2, 0.25) is 0 Å². The highest BCUT2D eigenvalue weighted by molar-refractivity contribution is 5.94. The van der Waals surface area contributed by atoms with Gasteiger partial charge in [0, 0.05) is 89.5 Å².